The highest BCUT2D eigenvalue weighted by Gasteiger charge is 2.44. The van der Waals surface area contributed by atoms with Crippen LogP contribution in [0.4, 0.5) is 0 Å². The van der Waals surface area contributed by atoms with Crippen molar-refractivity contribution in [3.05, 3.63) is 42.3 Å². The number of fused-ring (bicyclic) bond motifs is 3. The van der Waals surface area contributed by atoms with Crippen LogP contribution in [0.1, 0.15) is 16.9 Å². The van der Waals surface area contributed by atoms with E-state index in [9.17, 15) is 4.79 Å². The minimum absolute atomic E-state index is 0.0263. The Kier molecular flexibility index (Phi) is 2.84. The molecule has 2 aromatic heterocycles. The van der Waals surface area contributed by atoms with Crippen molar-refractivity contribution in [3.63, 3.8) is 0 Å². The highest BCUT2D eigenvalue weighted by Crippen LogP contribution is 2.32. The van der Waals surface area contributed by atoms with Crippen LogP contribution in [0.15, 0.2) is 41.0 Å². The van der Waals surface area contributed by atoms with Crippen molar-refractivity contribution in [2.45, 2.75) is 18.5 Å². The number of hydrogen-bond acceptors (Lipinski definition) is 4. The van der Waals surface area contributed by atoms with Gasteiger partial charge in [0.1, 0.15) is 5.76 Å². The van der Waals surface area contributed by atoms with Crippen LogP contribution in [0.2, 0.25) is 0 Å². The smallest absolute Gasteiger partial charge is 0.275 e. The standard InChI is InChI=1S/C18H18N4O2/c1-21-9-13-8-12(21)10-22(13)18(23)17-14-7-11(16-3-2-6-24-16)4-5-15(14)19-20-17/h2-7,12-13H,8-10H2,1H3,(H,19,20). The summed E-state index contributed by atoms with van der Waals surface area (Å²) >= 11 is 0. The lowest BCUT2D eigenvalue weighted by Gasteiger charge is -2.31. The van der Waals surface area contributed by atoms with Crippen molar-refractivity contribution in [2.75, 3.05) is 20.1 Å². The minimum atomic E-state index is 0.0263. The molecule has 2 atom stereocenters. The second-order valence-corrected chi connectivity index (χ2v) is 6.75. The summed E-state index contributed by atoms with van der Waals surface area (Å²) in [6.45, 7) is 1.75. The molecule has 122 valence electrons. The number of aromatic amines is 1. The van der Waals surface area contributed by atoms with Crippen LogP contribution in [0, 0.1) is 0 Å². The third kappa shape index (κ3) is 1.93. The van der Waals surface area contributed by atoms with E-state index in [1.807, 2.05) is 35.2 Å². The van der Waals surface area contributed by atoms with Crippen LogP contribution < -0.4 is 0 Å². The van der Waals surface area contributed by atoms with Crippen LogP contribution in [0.25, 0.3) is 22.2 Å². The van der Waals surface area contributed by atoms with Gasteiger partial charge in [0.2, 0.25) is 0 Å². The van der Waals surface area contributed by atoms with Gasteiger partial charge in [0, 0.05) is 36.1 Å². The predicted octanol–water partition coefficient (Wildman–Crippen LogP) is 2.35. The molecule has 6 nitrogen and oxygen atoms in total. The lowest BCUT2D eigenvalue weighted by molar-refractivity contribution is 0.0646. The summed E-state index contributed by atoms with van der Waals surface area (Å²) in [5.41, 5.74) is 2.33. The first-order chi connectivity index (χ1) is 11.7. The molecule has 3 aromatic rings. The van der Waals surface area contributed by atoms with Gasteiger partial charge in [0.15, 0.2) is 5.69 Å². The SMILES string of the molecule is CN1CC2CC1CN2C(=O)c1n[nH]c2ccc(-c3ccco3)cc12. The maximum absolute atomic E-state index is 13.0. The minimum Gasteiger partial charge on any atom is -0.464 e. The summed E-state index contributed by atoms with van der Waals surface area (Å²) in [4.78, 5) is 17.3. The van der Waals surface area contributed by atoms with E-state index in [1.165, 1.54) is 0 Å². The molecule has 4 heterocycles. The van der Waals surface area contributed by atoms with E-state index >= 15 is 0 Å². The summed E-state index contributed by atoms with van der Waals surface area (Å²) in [6.07, 6.45) is 2.72. The van der Waals surface area contributed by atoms with Gasteiger partial charge in [-0.1, -0.05) is 0 Å². The zero-order valence-corrected chi connectivity index (χ0v) is 13.4. The first-order valence-corrected chi connectivity index (χ1v) is 8.24. The number of furan rings is 1. The Morgan fingerprint density at radius 3 is 2.92 bits per heavy atom. The van der Waals surface area contributed by atoms with E-state index in [-0.39, 0.29) is 5.91 Å². The summed E-state index contributed by atoms with van der Waals surface area (Å²) in [6, 6.07) is 10.5. The number of hydrogen-bond donors (Lipinski definition) is 1. The van der Waals surface area contributed by atoms with E-state index in [0.29, 0.717) is 17.8 Å². The largest absolute Gasteiger partial charge is 0.464 e. The maximum atomic E-state index is 13.0. The second kappa shape index (κ2) is 4.95. The second-order valence-electron chi connectivity index (χ2n) is 6.75. The van der Waals surface area contributed by atoms with Crippen molar-refractivity contribution in [2.24, 2.45) is 0 Å². The molecule has 0 aliphatic carbocycles. The fourth-order valence-corrected chi connectivity index (χ4v) is 4.02. The normalized spacial score (nSPS) is 23.5. The molecule has 2 aliphatic heterocycles. The fourth-order valence-electron chi connectivity index (χ4n) is 4.02. The molecule has 1 N–H and O–H groups in total. The van der Waals surface area contributed by atoms with Gasteiger partial charge < -0.3 is 9.32 Å². The van der Waals surface area contributed by atoms with Crippen LogP contribution in [0.5, 0.6) is 0 Å². The topological polar surface area (TPSA) is 65.4 Å². The average molecular weight is 322 g/mol. The van der Waals surface area contributed by atoms with Gasteiger partial charge >= 0.3 is 0 Å². The number of piperazine rings is 1. The van der Waals surface area contributed by atoms with E-state index in [1.54, 1.807) is 6.26 Å². The first-order valence-electron chi connectivity index (χ1n) is 8.24. The van der Waals surface area contributed by atoms with Gasteiger partial charge in [0.05, 0.1) is 11.8 Å². The fraction of sp³-hybridized carbons (Fsp3) is 0.333. The molecule has 0 spiro atoms. The highest BCUT2D eigenvalue weighted by molar-refractivity contribution is 6.05. The maximum Gasteiger partial charge on any atom is 0.275 e. The van der Waals surface area contributed by atoms with Gasteiger partial charge in [-0.3, -0.25) is 14.8 Å². The van der Waals surface area contributed by atoms with Crippen LogP contribution >= 0.6 is 0 Å². The molecule has 1 amide bonds. The Morgan fingerprint density at radius 1 is 1.29 bits per heavy atom. The van der Waals surface area contributed by atoms with E-state index < -0.39 is 0 Å². The zero-order chi connectivity index (χ0) is 16.3. The van der Waals surface area contributed by atoms with Crippen LogP contribution in [-0.2, 0) is 0 Å². The summed E-state index contributed by atoms with van der Waals surface area (Å²) in [5.74, 6) is 0.816. The quantitative estimate of drug-likeness (QED) is 0.786. The molecular formula is C18H18N4O2. The molecule has 5 rings (SSSR count). The lowest BCUT2D eigenvalue weighted by Crippen LogP contribution is -2.47. The third-order valence-electron chi connectivity index (χ3n) is 5.35. The Hall–Kier alpha value is -2.60. The number of carbonyl (C=O) groups excluding carboxylic acids is 1. The summed E-state index contributed by atoms with van der Waals surface area (Å²) in [5, 5.41) is 8.14. The van der Waals surface area contributed by atoms with Gasteiger partial charge in [-0.2, -0.15) is 5.10 Å². The molecule has 6 heteroatoms. The van der Waals surface area contributed by atoms with Gasteiger partial charge in [-0.15, -0.1) is 0 Å². The molecule has 2 unspecified atom stereocenters. The molecule has 2 fully saturated rings. The molecule has 2 aliphatic rings. The first kappa shape index (κ1) is 13.8. The van der Waals surface area contributed by atoms with E-state index in [4.69, 9.17) is 4.42 Å². The van der Waals surface area contributed by atoms with Crippen LogP contribution in [0.3, 0.4) is 0 Å². The van der Waals surface area contributed by atoms with E-state index in [0.717, 1.165) is 41.7 Å². The van der Waals surface area contributed by atoms with Crippen molar-refractivity contribution in [1.82, 2.24) is 20.0 Å². The molecule has 24 heavy (non-hydrogen) atoms. The lowest BCUT2D eigenvalue weighted by atomic mass is 10.1. The number of carbonyl (C=O) groups is 1. The van der Waals surface area contributed by atoms with Gasteiger partial charge in [-0.25, -0.2) is 0 Å². The number of nitrogens with one attached hydrogen (secondary N) is 1. The number of H-pyrrole nitrogens is 1. The Bertz CT molecular complexity index is 912. The number of likely N-dealkylation sites (N-methyl/N-ethyl adjacent to an activating group) is 1. The number of rotatable bonds is 2. The van der Waals surface area contributed by atoms with Crippen molar-refractivity contribution >= 4 is 16.8 Å². The summed E-state index contributed by atoms with van der Waals surface area (Å²) in [7, 11) is 2.13. The molecule has 0 radical (unpaired) electrons. The third-order valence-corrected chi connectivity index (χ3v) is 5.35. The number of aromatic nitrogens is 2. The monoisotopic (exact) mass is 322 g/mol. The Balaban J connectivity index is 1.53. The number of amides is 1. The summed E-state index contributed by atoms with van der Waals surface area (Å²) < 4.78 is 5.47. The zero-order valence-electron chi connectivity index (χ0n) is 13.4. The number of likely N-dealkylation sites (tertiary alicyclic amines) is 2. The molecule has 0 saturated carbocycles. The van der Waals surface area contributed by atoms with Crippen molar-refractivity contribution < 1.29 is 9.21 Å². The predicted molar refractivity (Wildman–Crippen MR) is 89.7 cm³/mol. The Labute approximate surface area is 139 Å². The number of benzene rings is 1. The van der Waals surface area contributed by atoms with Gasteiger partial charge in [-0.05, 0) is 43.8 Å². The van der Waals surface area contributed by atoms with Gasteiger partial charge in [0.25, 0.3) is 5.91 Å². The molecule has 2 saturated heterocycles. The molecule has 1 aromatic carbocycles. The highest BCUT2D eigenvalue weighted by atomic mass is 16.3. The average Bonchev–Trinajstić information content (AvgIpc) is 3.35. The van der Waals surface area contributed by atoms with Crippen LogP contribution in [-0.4, -0.2) is 58.1 Å². The van der Waals surface area contributed by atoms with Crippen molar-refractivity contribution in [3.8, 4) is 11.3 Å². The molecule has 2 bridgehead atoms. The molecular weight excluding hydrogens is 304 g/mol. The van der Waals surface area contributed by atoms with Crippen molar-refractivity contribution in [1.29, 1.82) is 0 Å². The van der Waals surface area contributed by atoms with E-state index in [2.05, 4.69) is 22.1 Å². The Morgan fingerprint density at radius 2 is 2.21 bits per heavy atom. The number of nitrogens with zero attached hydrogens (tertiary/aromatic N) is 3.